The molecule has 0 amide bonds. The third-order valence-electron chi connectivity index (χ3n) is 4.85. The Kier molecular flexibility index (Phi) is 6.30. The van der Waals surface area contributed by atoms with Crippen molar-refractivity contribution in [2.24, 2.45) is 0 Å². The molecule has 4 aromatic carbocycles. The van der Waals surface area contributed by atoms with Gasteiger partial charge in [-0.05, 0) is 54.6 Å². The first-order valence-electron chi connectivity index (χ1n) is 9.86. The van der Waals surface area contributed by atoms with E-state index in [4.69, 9.17) is 4.18 Å². The molecule has 0 heterocycles. The second-order valence-corrected chi connectivity index (χ2v) is 12.5. The molecule has 0 unspecified atom stereocenters. The molecule has 0 N–H and O–H groups in total. The highest BCUT2D eigenvalue weighted by atomic mass is 32.2. The Morgan fingerprint density at radius 3 is 1.38 bits per heavy atom. The van der Waals surface area contributed by atoms with E-state index < -0.39 is 40.4 Å². The van der Waals surface area contributed by atoms with Crippen molar-refractivity contribution in [1.82, 2.24) is 0 Å². The maximum Gasteiger partial charge on any atom is 0.339 e. The lowest BCUT2D eigenvalue weighted by Crippen LogP contribution is -2.14. The van der Waals surface area contributed by atoms with E-state index in [1.165, 1.54) is 60.7 Å². The second-order valence-electron chi connectivity index (χ2n) is 7.09. The van der Waals surface area contributed by atoms with Gasteiger partial charge >= 0.3 is 10.1 Å². The van der Waals surface area contributed by atoms with E-state index in [2.05, 4.69) is 0 Å². The van der Waals surface area contributed by atoms with E-state index in [1.807, 2.05) is 0 Å². The highest BCUT2D eigenvalue weighted by molar-refractivity contribution is 7.92. The number of sulfone groups is 2. The van der Waals surface area contributed by atoms with Crippen LogP contribution in [0, 0.1) is 0 Å². The van der Waals surface area contributed by atoms with Gasteiger partial charge in [0.15, 0.2) is 5.75 Å². The van der Waals surface area contributed by atoms with Crippen LogP contribution in [0.5, 0.6) is 5.75 Å². The summed E-state index contributed by atoms with van der Waals surface area (Å²) in [6.07, 6.45) is 0. The van der Waals surface area contributed by atoms with Crippen molar-refractivity contribution in [2.45, 2.75) is 24.5 Å². The predicted molar refractivity (Wildman–Crippen MR) is 124 cm³/mol. The molecule has 0 atom stereocenters. The molecule has 0 saturated carbocycles. The van der Waals surface area contributed by atoms with Crippen LogP contribution in [-0.2, 0) is 29.8 Å². The van der Waals surface area contributed by atoms with Crippen LogP contribution < -0.4 is 4.18 Å². The minimum atomic E-state index is -4.39. The molecule has 0 bridgehead atoms. The van der Waals surface area contributed by atoms with Crippen molar-refractivity contribution < 1.29 is 29.4 Å². The summed E-state index contributed by atoms with van der Waals surface area (Å²) in [5.41, 5.74) is 0. The molecule has 7 nitrogen and oxygen atoms in total. The van der Waals surface area contributed by atoms with Gasteiger partial charge in [-0.2, -0.15) is 8.42 Å². The van der Waals surface area contributed by atoms with Crippen LogP contribution >= 0.6 is 0 Å². The number of benzene rings is 4. The number of hydrogen-bond acceptors (Lipinski definition) is 7. The predicted octanol–water partition coefficient (Wildman–Crippen LogP) is 4.12. The van der Waals surface area contributed by atoms with Crippen LogP contribution in [0.2, 0.25) is 0 Å². The first kappa shape index (κ1) is 23.7. The first-order valence-corrected chi connectivity index (χ1v) is 14.2. The van der Waals surface area contributed by atoms with Gasteiger partial charge in [-0.15, -0.1) is 0 Å². The topological polar surface area (TPSA) is 112 Å². The van der Waals surface area contributed by atoms with Gasteiger partial charge in [-0.1, -0.05) is 54.6 Å². The molecule has 0 spiro atoms. The van der Waals surface area contributed by atoms with E-state index in [9.17, 15) is 25.3 Å². The molecular weight excluding hydrogens is 496 g/mol. The lowest BCUT2D eigenvalue weighted by Gasteiger charge is -2.14. The summed E-state index contributed by atoms with van der Waals surface area (Å²) in [6, 6.07) is 25.0. The standard InChI is InChI=1S/C24H18O7S3/c25-32(26,19-10-4-1-5-11-19)22-16-17-23(31-34(29,30)21-14-8-3-9-15-21)24(18-22)33(27,28)20-12-6-2-7-13-20/h1-18H. The third-order valence-corrected chi connectivity index (χ3v) is 9.66. The summed E-state index contributed by atoms with van der Waals surface area (Å²) in [5.74, 6) is -0.514. The Hall–Kier alpha value is -3.47. The monoisotopic (exact) mass is 514 g/mol. The van der Waals surface area contributed by atoms with Gasteiger partial charge in [0, 0.05) is 0 Å². The minimum absolute atomic E-state index is 0.0383. The van der Waals surface area contributed by atoms with Crippen LogP contribution in [-0.4, -0.2) is 25.3 Å². The quantitative estimate of drug-likeness (QED) is 0.341. The average molecular weight is 515 g/mol. The van der Waals surface area contributed by atoms with E-state index in [0.717, 1.165) is 18.2 Å². The maximum absolute atomic E-state index is 13.4. The molecule has 10 heteroatoms. The van der Waals surface area contributed by atoms with Crippen LogP contribution in [0.1, 0.15) is 0 Å². The van der Waals surface area contributed by atoms with Crippen LogP contribution in [0.15, 0.2) is 134 Å². The number of hydrogen-bond donors (Lipinski definition) is 0. The Morgan fingerprint density at radius 2 is 0.882 bits per heavy atom. The SMILES string of the molecule is O=S(=O)(Oc1ccc(S(=O)(=O)c2ccccc2)cc1S(=O)(=O)c1ccccc1)c1ccccc1. The summed E-state index contributed by atoms with van der Waals surface area (Å²) < 4.78 is 83.8. The minimum Gasteiger partial charge on any atom is -0.378 e. The van der Waals surface area contributed by atoms with Gasteiger partial charge in [-0.3, -0.25) is 0 Å². The van der Waals surface area contributed by atoms with Crippen molar-refractivity contribution in [3.63, 3.8) is 0 Å². The Labute approximate surface area is 198 Å². The largest absolute Gasteiger partial charge is 0.378 e. The fourth-order valence-corrected chi connectivity index (χ4v) is 6.98. The lowest BCUT2D eigenvalue weighted by atomic mass is 10.3. The third kappa shape index (κ3) is 4.60. The molecule has 174 valence electrons. The normalized spacial score (nSPS) is 12.2. The zero-order chi connectivity index (χ0) is 24.4. The summed E-state index contributed by atoms with van der Waals surface area (Å²) in [6.45, 7) is 0. The summed E-state index contributed by atoms with van der Waals surface area (Å²) >= 11 is 0. The zero-order valence-electron chi connectivity index (χ0n) is 17.5. The molecule has 0 aliphatic rings. The molecule has 0 aromatic heterocycles. The summed E-state index contributed by atoms with van der Waals surface area (Å²) in [7, 11) is -12.8. The van der Waals surface area contributed by atoms with Crippen LogP contribution in [0.3, 0.4) is 0 Å². The average Bonchev–Trinajstić information content (AvgIpc) is 2.85. The van der Waals surface area contributed by atoms with Crippen molar-refractivity contribution >= 4 is 29.8 Å². The molecule has 0 aliphatic carbocycles. The summed E-state index contributed by atoms with van der Waals surface area (Å²) in [5, 5.41) is 0. The van der Waals surface area contributed by atoms with Crippen molar-refractivity contribution in [2.75, 3.05) is 0 Å². The van der Waals surface area contributed by atoms with E-state index in [-0.39, 0.29) is 19.6 Å². The Morgan fingerprint density at radius 1 is 0.441 bits per heavy atom. The fourth-order valence-electron chi connectivity index (χ4n) is 3.15. The molecule has 4 rings (SSSR count). The highest BCUT2D eigenvalue weighted by Gasteiger charge is 2.29. The van der Waals surface area contributed by atoms with Crippen molar-refractivity contribution in [3.05, 3.63) is 109 Å². The van der Waals surface area contributed by atoms with Gasteiger partial charge in [-0.25, -0.2) is 16.8 Å². The molecule has 0 aliphatic heterocycles. The molecule has 4 aromatic rings. The van der Waals surface area contributed by atoms with E-state index in [0.29, 0.717) is 0 Å². The molecule has 0 radical (unpaired) electrons. The van der Waals surface area contributed by atoms with Crippen molar-refractivity contribution in [1.29, 1.82) is 0 Å². The van der Waals surface area contributed by atoms with Crippen LogP contribution in [0.4, 0.5) is 0 Å². The first-order chi connectivity index (χ1) is 16.1. The second kappa shape index (κ2) is 9.05. The van der Waals surface area contributed by atoms with Gasteiger partial charge in [0.1, 0.15) is 9.79 Å². The fraction of sp³-hybridized carbons (Fsp3) is 0. The van der Waals surface area contributed by atoms with Gasteiger partial charge in [0.05, 0.1) is 14.7 Å². The lowest BCUT2D eigenvalue weighted by molar-refractivity contribution is 0.478. The molecule has 0 saturated heterocycles. The molecular formula is C24H18O7S3. The Balaban J connectivity index is 1.91. The summed E-state index contributed by atoms with van der Waals surface area (Å²) in [4.78, 5) is -1.28. The number of rotatable bonds is 7. The van der Waals surface area contributed by atoms with E-state index in [1.54, 1.807) is 30.3 Å². The maximum atomic E-state index is 13.4. The molecule has 34 heavy (non-hydrogen) atoms. The molecule has 0 fully saturated rings. The van der Waals surface area contributed by atoms with Gasteiger partial charge in [0.25, 0.3) is 0 Å². The van der Waals surface area contributed by atoms with Crippen LogP contribution in [0.25, 0.3) is 0 Å². The van der Waals surface area contributed by atoms with E-state index >= 15 is 0 Å². The smallest absolute Gasteiger partial charge is 0.339 e. The highest BCUT2D eigenvalue weighted by Crippen LogP contribution is 2.35. The Bertz CT molecular complexity index is 1630. The zero-order valence-corrected chi connectivity index (χ0v) is 19.9. The van der Waals surface area contributed by atoms with Gasteiger partial charge < -0.3 is 4.18 Å². The van der Waals surface area contributed by atoms with Gasteiger partial charge in [0.2, 0.25) is 19.7 Å². The van der Waals surface area contributed by atoms with Crippen molar-refractivity contribution in [3.8, 4) is 5.75 Å².